The van der Waals surface area contributed by atoms with Gasteiger partial charge in [-0.3, -0.25) is 0 Å². The van der Waals surface area contributed by atoms with Crippen molar-refractivity contribution in [2.45, 2.75) is 32.2 Å². The third kappa shape index (κ3) is 5.16. The molecule has 1 aromatic carbocycles. The van der Waals surface area contributed by atoms with Gasteiger partial charge in [-0.2, -0.15) is 0 Å². The number of phenols is 1. The van der Waals surface area contributed by atoms with E-state index in [2.05, 4.69) is 18.3 Å². The van der Waals surface area contributed by atoms with Crippen LogP contribution in [0.2, 0.25) is 4.34 Å². The van der Waals surface area contributed by atoms with Crippen LogP contribution in [-0.4, -0.2) is 17.7 Å². The minimum Gasteiger partial charge on any atom is -0.508 e. The molecule has 4 heteroatoms. The zero-order valence-corrected chi connectivity index (χ0v) is 13.2. The molecule has 0 radical (unpaired) electrons. The number of thiophene rings is 1. The number of hydrogen-bond acceptors (Lipinski definition) is 3. The molecule has 1 unspecified atom stereocenters. The normalized spacial score (nSPS) is 12.5. The van der Waals surface area contributed by atoms with Gasteiger partial charge in [-0.1, -0.05) is 23.7 Å². The Hall–Kier alpha value is -1.03. The molecule has 20 heavy (non-hydrogen) atoms. The fourth-order valence-corrected chi connectivity index (χ4v) is 3.16. The fourth-order valence-electron chi connectivity index (χ4n) is 2.08. The molecule has 2 aromatic rings. The Labute approximate surface area is 129 Å². The van der Waals surface area contributed by atoms with Crippen LogP contribution in [0.3, 0.4) is 0 Å². The van der Waals surface area contributed by atoms with E-state index < -0.39 is 0 Å². The molecule has 0 aliphatic rings. The van der Waals surface area contributed by atoms with Crippen molar-refractivity contribution in [2.24, 2.45) is 0 Å². The zero-order chi connectivity index (χ0) is 14.4. The second-order valence-electron chi connectivity index (χ2n) is 5.02. The topological polar surface area (TPSA) is 32.3 Å². The molecule has 108 valence electrons. The highest BCUT2D eigenvalue weighted by molar-refractivity contribution is 7.16. The lowest BCUT2D eigenvalue weighted by Crippen LogP contribution is -2.28. The SMILES string of the molecule is CC(CCc1ccc(O)cc1)NCCc1ccc(Cl)s1. The van der Waals surface area contributed by atoms with E-state index in [0.29, 0.717) is 11.8 Å². The van der Waals surface area contributed by atoms with Crippen LogP contribution in [-0.2, 0) is 12.8 Å². The lowest BCUT2D eigenvalue weighted by Gasteiger charge is -2.13. The van der Waals surface area contributed by atoms with E-state index in [-0.39, 0.29) is 0 Å². The number of aryl methyl sites for hydroxylation is 1. The number of hydrogen-bond donors (Lipinski definition) is 2. The molecule has 2 rings (SSSR count). The van der Waals surface area contributed by atoms with Crippen molar-refractivity contribution >= 4 is 22.9 Å². The molecule has 2 nitrogen and oxygen atoms in total. The number of benzene rings is 1. The Morgan fingerprint density at radius 2 is 1.90 bits per heavy atom. The van der Waals surface area contributed by atoms with E-state index in [1.165, 1.54) is 10.4 Å². The monoisotopic (exact) mass is 309 g/mol. The smallest absolute Gasteiger partial charge is 0.115 e. The molecule has 0 saturated heterocycles. The maximum absolute atomic E-state index is 9.24. The first-order valence-electron chi connectivity index (χ1n) is 6.89. The summed E-state index contributed by atoms with van der Waals surface area (Å²) in [6.45, 7) is 3.19. The number of phenolic OH excluding ortho intramolecular Hbond substituents is 1. The van der Waals surface area contributed by atoms with E-state index in [4.69, 9.17) is 11.6 Å². The van der Waals surface area contributed by atoms with Crippen molar-refractivity contribution in [3.63, 3.8) is 0 Å². The van der Waals surface area contributed by atoms with Crippen LogP contribution in [0.4, 0.5) is 0 Å². The van der Waals surface area contributed by atoms with Crippen LogP contribution < -0.4 is 5.32 Å². The highest BCUT2D eigenvalue weighted by atomic mass is 35.5. The summed E-state index contributed by atoms with van der Waals surface area (Å²) in [6.07, 6.45) is 3.15. The second kappa shape index (κ2) is 7.67. The van der Waals surface area contributed by atoms with Crippen LogP contribution in [0.15, 0.2) is 36.4 Å². The molecule has 1 heterocycles. The summed E-state index contributed by atoms with van der Waals surface area (Å²) in [5, 5.41) is 12.8. The first-order valence-corrected chi connectivity index (χ1v) is 8.08. The largest absolute Gasteiger partial charge is 0.508 e. The summed E-state index contributed by atoms with van der Waals surface area (Å²) in [4.78, 5) is 1.33. The highest BCUT2D eigenvalue weighted by Gasteiger charge is 2.03. The zero-order valence-electron chi connectivity index (χ0n) is 11.6. The molecule has 1 aromatic heterocycles. The summed E-state index contributed by atoms with van der Waals surface area (Å²) in [5.74, 6) is 0.328. The molecule has 0 fully saturated rings. The van der Waals surface area contributed by atoms with Crippen molar-refractivity contribution in [3.8, 4) is 5.75 Å². The average Bonchev–Trinajstić information content (AvgIpc) is 2.84. The van der Waals surface area contributed by atoms with Crippen LogP contribution in [0.1, 0.15) is 23.8 Å². The minimum atomic E-state index is 0.328. The standard InChI is InChI=1S/C16H20ClNOS/c1-12(2-3-13-4-6-14(19)7-5-13)18-11-10-15-8-9-16(17)20-15/h4-9,12,18-19H,2-3,10-11H2,1H3. The number of nitrogens with one attached hydrogen (secondary N) is 1. The second-order valence-corrected chi connectivity index (χ2v) is 6.82. The minimum absolute atomic E-state index is 0.328. The molecule has 1 atom stereocenters. The molecule has 0 aliphatic carbocycles. The van der Waals surface area contributed by atoms with Gasteiger partial charge in [-0.25, -0.2) is 0 Å². The van der Waals surface area contributed by atoms with Gasteiger partial charge in [0, 0.05) is 17.5 Å². The van der Waals surface area contributed by atoms with Crippen molar-refractivity contribution in [3.05, 3.63) is 51.2 Å². The van der Waals surface area contributed by atoms with Crippen LogP contribution in [0, 0.1) is 0 Å². The predicted octanol–water partition coefficient (Wildman–Crippen LogP) is 4.26. The first-order chi connectivity index (χ1) is 9.63. The van der Waals surface area contributed by atoms with Gasteiger partial charge >= 0.3 is 0 Å². The lowest BCUT2D eigenvalue weighted by molar-refractivity contribution is 0.474. The van der Waals surface area contributed by atoms with Crippen LogP contribution >= 0.6 is 22.9 Å². The van der Waals surface area contributed by atoms with Gasteiger partial charge in [-0.15, -0.1) is 11.3 Å². The van der Waals surface area contributed by atoms with Crippen molar-refractivity contribution in [2.75, 3.05) is 6.54 Å². The number of rotatable bonds is 7. The van der Waals surface area contributed by atoms with E-state index in [9.17, 15) is 5.11 Å². The Bertz CT molecular complexity index is 524. The van der Waals surface area contributed by atoms with Crippen LogP contribution in [0.5, 0.6) is 5.75 Å². The van der Waals surface area contributed by atoms with E-state index in [0.717, 1.165) is 30.1 Å². The van der Waals surface area contributed by atoms with Gasteiger partial charge in [0.2, 0.25) is 0 Å². The lowest BCUT2D eigenvalue weighted by atomic mass is 10.1. The van der Waals surface area contributed by atoms with Crippen LogP contribution in [0.25, 0.3) is 0 Å². The first kappa shape index (κ1) is 15.4. The van der Waals surface area contributed by atoms with E-state index in [1.54, 1.807) is 23.5 Å². The molecule has 2 N–H and O–H groups in total. The summed E-state index contributed by atoms with van der Waals surface area (Å²) >= 11 is 7.56. The van der Waals surface area contributed by atoms with Gasteiger partial charge < -0.3 is 10.4 Å². The Morgan fingerprint density at radius 1 is 1.15 bits per heavy atom. The summed E-state index contributed by atoms with van der Waals surface area (Å²) in [7, 11) is 0. The van der Waals surface area contributed by atoms with Crippen molar-refractivity contribution in [1.29, 1.82) is 0 Å². The number of aromatic hydroxyl groups is 1. The summed E-state index contributed by atoms with van der Waals surface area (Å²) in [5.41, 5.74) is 1.27. The molecular weight excluding hydrogens is 290 g/mol. The maximum Gasteiger partial charge on any atom is 0.115 e. The van der Waals surface area contributed by atoms with Gasteiger partial charge in [0.25, 0.3) is 0 Å². The summed E-state index contributed by atoms with van der Waals surface area (Å²) < 4.78 is 0.861. The summed E-state index contributed by atoms with van der Waals surface area (Å²) in [6, 6.07) is 12.0. The van der Waals surface area contributed by atoms with E-state index in [1.807, 2.05) is 18.2 Å². The molecule has 0 saturated carbocycles. The van der Waals surface area contributed by atoms with Gasteiger partial charge in [0.05, 0.1) is 4.34 Å². The highest BCUT2D eigenvalue weighted by Crippen LogP contribution is 2.21. The van der Waals surface area contributed by atoms with Gasteiger partial charge in [0.1, 0.15) is 5.75 Å². The molecule has 0 aliphatic heterocycles. The van der Waals surface area contributed by atoms with Crippen molar-refractivity contribution < 1.29 is 5.11 Å². The molecule has 0 bridgehead atoms. The fraction of sp³-hybridized carbons (Fsp3) is 0.375. The van der Waals surface area contributed by atoms with Crippen molar-refractivity contribution in [1.82, 2.24) is 5.32 Å². The average molecular weight is 310 g/mol. The third-order valence-electron chi connectivity index (χ3n) is 3.30. The predicted molar refractivity (Wildman–Crippen MR) is 86.9 cm³/mol. The Balaban J connectivity index is 1.65. The number of halogens is 1. The van der Waals surface area contributed by atoms with Gasteiger partial charge in [0.15, 0.2) is 0 Å². The molecule has 0 spiro atoms. The van der Waals surface area contributed by atoms with E-state index >= 15 is 0 Å². The van der Waals surface area contributed by atoms with Gasteiger partial charge in [-0.05, 0) is 56.0 Å². The Morgan fingerprint density at radius 3 is 2.55 bits per heavy atom. The third-order valence-corrected chi connectivity index (χ3v) is 4.59. The quantitative estimate of drug-likeness (QED) is 0.801. The molecule has 0 amide bonds. The molecular formula is C16H20ClNOS. The maximum atomic E-state index is 9.24. The Kier molecular flexibility index (Phi) is 5.89.